The van der Waals surface area contributed by atoms with Crippen LogP contribution in [0.2, 0.25) is 0 Å². The van der Waals surface area contributed by atoms with E-state index in [0.29, 0.717) is 15.7 Å². The number of nitro benzene ring substituents is 1. The van der Waals surface area contributed by atoms with E-state index in [-0.39, 0.29) is 11.6 Å². The van der Waals surface area contributed by atoms with Gasteiger partial charge in [-0.25, -0.2) is 4.98 Å². The zero-order valence-corrected chi connectivity index (χ0v) is 14.3. The van der Waals surface area contributed by atoms with Gasteiger partial charge >= 0.3 is 0 Å². The number of rotatable bonds is 4. The fourth-order valence-electron chi connectivity index (χ4n) is 1.78. The van der Waals surface area contributed by atoms with Gasteiger partial charge in [0, 0.05) is 33.8 Å². The van der Waals surface area contributed by atoms with Crippen LogP contribution in [0.1, 0.15) is 20.2 Å². The topological polar surface area (TPSA) is 76.3 Å². The fourth-order valence-corrected chi connectivity index (χ4v) is 3.19. The molecule has 0 saturated heterocycles. The molecule has 0 radical (unpaired) electrons. The normalized spacial score (nSPS) is 10.4. The van der Waals surface area contributed by atoms with Crippen LogP contribution in [0.5, 0.6) is 0 Å². The Hall–Kier alpha value is -1.55. The minimum Gasteiger partial charge on any atom is -0.336 e. The van der Waals surface area contributed by atoms with Crippen molar-refractivity contribution in [1.29, 1.82) is 0 Å². The smallest absolute Gasteiger partial charge is 0.270 e. The SMILES string of the molecule is Cc1ncc(CN(C)C(=O)c2cc([N+](=O)[O-])ccc2I)s1. The van der Waals surface area contributed by atoms with Crippen molar-refractivity contribution in [3.8, 4) is 0 Å². The first kappa shape index (κ1) is 15.8. The van der Waals surface area contributed by atoms with Gasteiger partial charge in [-0.05, 0) is 35.6 Å². The molecule has 0 bridgehead atoms. The molecule has 0 spiro atoms. The number of non-ortho nitro benzene ring substituents is 1. The molecule has 8 heteroatoms. The number of hydrogen-bond donors (Lipinski definition) is 0. The first-order valence-electron chi connectivity index (χ1n) is 5.99. The molecular formula is C13H12IN3O3S. The highest BCUT2D eigenvalue weighted by atomic mass is 127. The van der Waals surface area contributed by atoms with Gasteiger partial charge in [0.1, 0.15) is 0 Å². The summed E-state index contributed by atoms with van der Waals surface area (Å²) >= 11 is 3.53. The van der Waals surface area contributed by atoms with E-state index in [1.54, 1.807) is 19.3 Å². The summed E-state index contributed by atoms with van der Waals surface area (Å²) in [6, 6.07) is 4.29. The van der Waals surface area contributed by atoms with Crippen molar-refractivity contribution >= 4 is 45.5 Å². The van der Waals surface area contributed by atoms with Gasteiger partial charge in [0.05, 0.1) is 22.0 Å². The second-order valence-electron chi connectivity index (χ2n) is 4.43. The van der Waals surface area contributed by atoms with Crippen molar-refractivity contribution < 1.29 is 9.72 Å². The van der Waals surface area contributed by atoms with Gasteiger partial charge in [-0.2, -0.15) is 0 Å². The Morgan fingerprint density at radius 2 is 2.24 bits per heavy atom. The van der Waals surface area contributed by atoms with Crippen molar-refractivity contribution in [2.45, 2.75) is 13.5 Å². The van der Waals surface area contributed by atoms with Crippen LogP contribution >= 0.6 is 33.9 Å². The standard InChI is InChI=1S/C13H12IN3O3S/c1-8-15-6-10(21-8)7-16(2)13(18)11-5-9(17(19)20)3-4-12(11)14/h3-6H,7H2,1-2H3. The van der Waals surface area contributed by atoms with E-state index in [0.717, 1.165) is 9.88 Å². The number of aromatic nitrogens is 1. The number of amides is 1. The van der Waals surface area contributed by atoms with Crippen molar-refractivity contribution in [2.75, 3.05) is 7.05 Å². The van der Waals surface area contributed by atoms with Crippen LogP contribution in [0.15, 0.2) is 24.4 Å². The summed E-state index contributed by atoms with van der Waals surface area (Å²) in [6.07, 6.45) is 1.74. The Morgan fingerprint density at radius 3 is 2.81 bits per heavy atom. The number of halogens is 1. The van der Waals surface area contributed by atoms with Gasteiger partial charge < -0.3 is 4.90 Å². The maximum Gasteiger partial charge on any atom is 0.270 e. The molecule has 0 aliphatic rings. The van der Waals surface area contributed by atoms with Crippen LogP contribution in [0.4, 0.5) is 5.69 Å². The average Bonchev–Trinajstić information content (AvgIpc) is 2.83. The van der Waals surface area contributed by atoms with Crippen molar-refractivity contribution in [2.24, 2.45) is 0 Å². The molecule has 0 unspecified atom stereocenters. The highest BCUT2D eigenvalue weighted by molar-refractivity contribution is 14.1. The molecule has 2 aromatic rings. The van der Waals surface area contributed by atoms with E-state index in [4.69, 9.17) is 0 Å². The average molecular weight is 417 g/mol. The molecular weight excluding hydrogens is 405 g/mol. The number of hydrogen-bond acceptors (Lipinski definition) is 5. The molecule has 0 N–H and O–H groups in total. The highest BCUT2D eigenvalue weighted by Gasteiger charge is 2.19. The lowest BCUT2D eigenvalue weighted by atomic mass is 10.2. The number of carbonyl (C=O) groups excluding carboxylic acids is 1. The van der Waals surface area contributed by atoms with Crippen LogP contribution in [0.3, 0.4) is 0 Å². The summed E-state index contributed by atoms with van der Waals surface area (Å²) in [4.78, 5) is 29.4. The summed E-state index contributed by atoms with van der Waals surface area (Å²) in [6.45, 7) is 2.34. The Bertz CT molecular complexity index is 702. The summed E-state index contributed by atoms with van der Waals surface area (Å²) in [5, 5.41) is 11.8. The molecule has 0 fully saturated rings. The number of nitrogens with zero attached hydrogens (tertiary/aromatic N) is 3. The Labute approximate surface area is 139 Å². The van der Waals surface area contributed by atoms with Gasteiger partial charge in [-0.15, -0.1) is 11.3 Å². The van der Waals surface area contributed by atoms with Crippen LogP contribution in [0.25, 0.3) is 0 Å². The minimum atomic E-state index is -0.501. The van der Waals surface area contributed by atoms with E-state index < -0.39 is 4.92 Å². The molecule has 0 aliphatic heterocycles. The fraction of sp³-hybridized carbons (Fsp3) is 0.231. The van der Waals surface area contributed by atoms with E-state index in [2.05, 4.69) is 4.98 Å². The maximum absolute atomic E-state index is 12.4. The van der Waals surface area contributed by atoms with Gasteiger partial charge in [0.2, 0.25) is 0 Å². The molecule has 2 rings (SSSR count). The molecule has 110 valence electrons. The van der Waals surface area contributed by atoms with Gasteiger partial charge in [-0.3, -0.25) is 14.9 Å². The molecule has 6 nitrogen and oxygen atoms in total. The minimum absolute atomic E-state index is 0.0826. The first-order valence-corrected chi connectivity index (χ1v) is 7.88. The van der Waals surface area contributed by atoms with Crippen LogP contribution in [-0.4, -0.2) is 27.8 Å². The number of carbonyl (C=O) groups is 1. The van der Waals surface area contributed by atoms with E-state index in [9.17, 15) is 14.9 Å². The third-order valence-corrected chi connectivity index (χ3v) is 4.64. The monoisotopic (exact) mass is 417 g/mol. The molecule has 0 saturated carbocycles. The summed E-state index contributed by atoms with van der Waals surface area (Å²) < 4.78 is 0.690. The van der Waals surface area contributed by atoms with Crippen LogP contribution in [0, 0.1) is 20.6 Å². The quantitative estimate of drug-likeness (QED) is 0.435. The third-order valence-electron chi connectivity index (χ3n) is 2.80. The zero-order chi connectivity index (χ0) is 15.6. The molecule has 0 aliphatic carbocycles. The Balaban J connectivity index is 2.22. The van der Waals surface area contributed by atoms with Crippen molar-refractivity contribution in [3.63, 3.8) is 0 Å². The highest BCUT2D eigenvalue weighted by Crippen LogP contribution is 2.22. The third kappa shape index (κ3) is 3.76. The number of thiazole rings is 1. The second kappa shape index (κ2) is 6.48. The molecule has 0 atom stereocenters. The maximum atomic E-state index is 12.4. The Morgan fingerprint density at radius 1 is 1.52 bits per heavy atom. The molecule has 1 aromatic carbocycles. The molecule has 1 amide bonds. The lowest BCUT2D eigenvalue weighted by molar-refractivity contribution is -0.384. The Kier molecular flexibility index (Phi) is 4.88. The summed E-state index contributed by atoms with van der Waals surface area (Å²) in [5.41, 5.74) is 0.259. The lowest BCUT2D eigenvalue weighted by Gasteiger charge is -2.16. The van der Waals surface area contributed by atoms with Crippen LogP contribution in [-0.2, 0) is 6.54 Å². The van der Waals surface area contributed by atoms with Crippen molar-refractivity contribution in [3.05, 3.63) is 53.5 Å². The number of nitro groups is 1. The molecule has 1 aromatic heterocycles. The largest absolute Gasteiger partial charge is 0.336 e. The van der Waals surface area contributed by atoms with E-state index in [1.807, 2.05) is 29.5 Å². The summed E-state index contributed by atoms with van der Waals surface area (Å²) in [5.74, 6) is -0.242. The molecule has 21 heavy (non-hydrogen) atoms. The predicted octanol–water partition coefficient (Wildman–Crippen LogP) is 3.24. The van der Waals surface area contributed by atoms with E-state index >= 15 is 0 Å². The van der Waals surface area contributed by atoms with Gasteiger partial charge in [0.25, 0.3) is 11.6 Å². The summed E-state index contributed by atoms with van der Waals surface area (Å²) in [7, 11) is 1.67. The van der Waals surface area contributed by atoms with Crippen LogP contribution < -0.4 is 0 Å². The van der Waals surface area contributed by atoms with Gasteiger partial charge in [-0.1, -0.05) is 0 Å². The first-order chi connectivity index (χ1) is 9.88. The zero-order valence-electron chi connectivity index (χ0n) is 11.4. The second-order valence-corrected chi connectivity index (χ2v) is 6.91. The number of benzene rings is 1. The molecule has 1 heterocycles. The lowest BCUT2D eigenvalue weighted by Crippen LogP contribution is -2.26. The number of aryl methyl sites for hydroxylation is 1. The van der Waals surface area contributed by atoms with Crippen molar-refractivity contribution in [1.82, 2.24) is 9.88 Å². The van der Waals surface area contributed by atoms with E-state index in [1.165, 1.54) is 28.4 Å². The predicted molar refractivity (Wildman–Crippen MR) is 88.5 cm³/mol. The van der Waals surface area contributed by atoms with Gasteiger partial charge in [0.15, 0.2) is 0 Å².